The normalized spacial score (nSPS) is 13.9. The van der Waals surface area contributed by atoms with E-state index in [1.54, 1.807) is 0 Å². The number of esters is 2. The quantitative estimate of drug-likeness (QED) is 0.0215. The van der Waals surface area contributed by atoms with Crippen LogP contribution in [0, 0.1) is 0 Å². The van der Waals surface area contributed by atoms with Crippen LogP contribution in [0.3, 0.4) is 0 Å². The molecule has 0 fully saturated rings. The molecule has 0 saturated carbocycles. The number of rotatable bonds is 41. The first-order valence-corrected chi connectivity index (χ1v) is 23.9. The highest BCUT2D eigenvalue weighted by Crippen LogP contribution is 2.12. The Hall–Kier alpha value is -4.01. The first-order chi connectivity index (χ1) is 30.1. The fraction of sp³-hybridized carbons (Fsp3) is 0.611. The van der Waals surface area contributed by atoms with Crippen LogP contribution in [0.2, 0.25) is 0 Å². The second kappa shape index (κ2) is 43.6. The predicted molar refractivity (Wildman–Crippen MR) is 261 cm³/mol. The smallest absolute Gasteiger partial charge is 0.362 e. The minimum absolute atomic E-state index is 0.0266. The van der Waals surface area contributed by atoms with Gasteiger partial charge in [-0.15, -0.1) is 0 Å². The van der Waals surface area contributed by atoms with Crippen LogP contribution in [0.1, 0.15) is 162 Å². The maximum atomic E-state index is 12.7. The van der Waals surface area contributed by atoms with E-state index in [0.717, 1.165) is 89.9 Å². The van der Waals surface area contributed by atoms with Crippen LogP contribution in [0.5, 0.6) is 0 Å². The van der Waals surface area contributed by atoms with Gasteiger partial charge in [-0.1, -0.05) is 162 Å². The second-order valence-corrected chi connectivity index (χ2v) is 16.7. The van der Waals surface area contributed by atoms with Crippen LogP contribution in [0.15, 0.2) is 109 Å². The van der Waals surface area contributed by atoms with Crippen molar-refractivity contribution in [3.05, 3.63) is 109 Å². The highest BCUT2D eigenvalue weighted by atomic mass is 16.6. The Morgan fingerprint density at radius 2 is 0.968 bits per heavy atom. The van der Waals surface area contributed by atoms with Crippen molar-refractivity contribution < 1.29 is 38.2 Å². The molecule has 62 heavy (non-hydrogen) atoms. The minimum Gasteiger partial charge on any atom is -0.477 e. The standard InChI is InChI=1S/C54H87NO7/c1-6-8-10-12-14-16-18-20-22-23-24-25-26-27-28-29-31-33-35-37-39-41-43-45-53(57)62-50(48-60-47-46-51(54(58)59)55(3,4)5)49-61-52(56)44-42-40-38-36-34-32-30-21-19-17-15-13-11-9-7-2/h8,10,14-17,19-22,24-25,27-28,31,33,37,39,50-51H,6-7,9,11-13,18,23,26,29-30,32,34-36,38,40-49H2,1-5H3/p+1/b10-8+,16-14+,17-15+,21-19+,22-20+,25-24+,28-27+,33-31+,39-37+. The molecular formula is C54H88NO7+. The molecule has 0 bridgehead atoms. The number of allylic oxidation sites excluding steroid dienone is 18. The van der Waals surface area contributed by atoms with Gasteiger partial charge in [0.1, 0.15) is 6.61 Å². The number of hydrogen-bond donors (Lipinski definition) is 1. The Balaban J connectivity index is 4.45. The Morgan fingerprint density at radius 3 is 1.47 bits per heavy atom. The number of nitrogens with zero attached hydrogens (tertiary/aromatic N) is 1. The third-order valence-electron chi connectivity index (χ3n) is 9.93. The van der Waals surface area contributed by atoms with Gasteiger partial charge in [-0.25, -0.2) is 4.79 Å². The van der Waals surface area contributed by atoms with Crippen LogP contribution in [0.25, 0.3) is 0 Å². The monoisotopic (exact) mass is 863 g/mol. The van der Waals surface area contributed by atoms with Gasteiger partial charge in [0.15, 0.2) is 12.1 Å². The molecule has 0 rings (SSSR count). The largest absolute Gasteiger partial charge is 0.477 e. The zero-order chi connectivity index (χ0) is 45.6. The average molecular weight is 863 g/mol. The number of unbranched alkanes of at least 4 members (excludes halogenated alkanes) is 10. The Kier molecular flexibility index (Phi) is 40.8. The fourth-order valence-electron chi connectivity index (χ4n) is 6.25. The molecule has 0 aliphatic heterocycles. The van der Waals surface area contributed by atoms with E-state index in [4.69, 9.17) is 14.2 Å². The van der Waals surface area contributed by atoms with E-state index in [1.807, 2.05) is 21.1 Å². The lowest BCUT2D eigenvalue weighted by Gasteiger charge is -2.31. The van der Waals surface area contributed by atoms with Gasteiger partial charge in [0.25, 0.3) is 0 Å². The molecule has 350 valence electrons. The number of carbonyl (C=O) groups excluding carboxylic acids is 2. The molecule has 0 aliphatic rings. The van der Waals surface area contributed by atoms with E-state index >= 15 is 0 Å². The third-order valence-corrected chi connectivity index (χ3v) is 9.93. The van der Waals surface area contributed by atoms with Gasteiger partial charge in [0, 0.05) is 19.3 Å². The van der Waals surface area contributed by atoms with E-state index in [9.17, 15) is 19.5 Å². The number of carboxylic acid groups (broad SMARTS) is 1. The van der Waals surface area contributed by atoms with E-state index in [-0.39, 0.29) is 42.7 Å². The lowest BCUT2D eigenvalue weighted by Crippen LogP contribution is -2.50. The van der Waals surface area contributed by atoms with Crippen molar-refractivity contribution >= 4 is 17.9 Å². The molecule has 0 amide bonds. The molecule has 2 unspecified atom stereocenters. The fourth-order valence-corrected chi connectivity index (χ4v) is 6.25. The average Bonchev–Trinajstić information content (AvgIpc) is 3.23. The molecule has 0 saturated heterocycles. The lowest BCUT2D eigenvalue weighted by atomic mass is 10.1. The summed E-state index contributed by atoms with van der Waals surface area (Å²) < 4.78 is 17.2. The number of hydrogen-bond acceptors (Lipinski definition) is 6. The molecule has 0 spiro atoms. The zero-order valence-electron chi connectivity index (χ0n) is 39.8. The van der Waals surface area contributed by atoms with Crippen molar-refractivity contribution in [2.24, 2.45) is 0 Å². The van der Waals surface area contributed by atoms with Gasteiger partial charge in [-0.2, -0.15) is 0 Å². The maximum Gasteiger partial charge on any atom is 0.362 e. The van der Waals surface area contributed by atoms with E-state index < -0.39 is 18.1 Å². The van der Waals surface area contributed by atoms with Crippen molar-refractivity contribution in [2.45, 2.75) is 174 Å². The second-order valence-electron chi connectivity index (χ2n) is 16.7. The SMILES string of the molecule is CC/C=C/C/C=C/C/C=C/C/C=C/C/C=C/C/C=C/C/C=C/CCCC(=O)OC(COCCC(C(=O)O)[N+](C)(C)C)COC(=O)CCCCCCCC/C=C/C=C/CCCCC. The van der Waals surface area contributed by atoms with Crippen LogP contribution in [0.4, 0.5) is 0 Å². The molecule has 1 N–H and O–H groups in total. The van der Waals surface area contributed by atoms with Gasteiger partial charge >= 0.3 is 17.9 Å². The number of carbonyl (C=O) groups is 3. The van der Waals surface area contributed by atoms with Gasteiger partial charge in [0.05, 0.1) is 34.4 Å². The summed E-state index contributed by atoms with van der Waals surface area (Å²) in [4.78, 5) is 37.1. The topological polar surface area (TPSA) is 99.1 Å². The van der Waals surface area contributed by atoms with Gasteiger partial charge in [0.2, 0.25) is 0 Å². The van der Waals surface area contributed by atoms with E-state index in [0.29, 0.717) is 19.3 Å². The van der Waals surface area contributed by atoms with Crippen molar-refractivity contribution in [1.82, 2.24) is 0 Å². The molecular weight excluding hydrogens is 775 g/mol. The van der Waals surface area contributed by atoms with Crippen molar-refractivity contribution in [3.63, 3.8) is 0 Å². The van der Waals surface area contributed by atoms with E-state index in [1.165, 1.54) is 32.1 Å². The van der Waals surface area contributed by atoms with E-state index in [2.05, 4.69) is 123 Å². The zero-order valence-corrected chi connectivity index (χ0v) is 39.8. The first-order valence-electron chi connectivity index (χ1n) is 23.9. The van der Waals surface area contributed by atoms with Crippen LogP contribution < -0.4 is 0 Å². The number of carboxylic acids is 1. The predicted octanol–water partition coefficient (Wildman–Crippen LogP) is 13.6. The Labute approximate surface area is 378 Å². The highest BCUT2D eigenvalue weighted by Gasteiger charge is 2.31. The van der Waals surface area contributed by atoms with Gasteiger partial charge < -0.3 is 23.8 Å². The molecule has 0 aromatic carbocycles. The van der Waals surface area contributed by atoms with Crippen LogP contribution >= 0.6 is 0 Å². The molecule has 8 heteroatoms. The number of likely N-dealkylation sites (N-methyl/N-ethyl adjacent to an activating group) is 1. The molecule has 0 aromatic rings. The summed E-state index contributed by atoms with van der Waals surface area (Å²) in [5.41, 5.74) is 0. The number of aliphatic carboxylic acids is 1. The van der Waals surface area contributed by atoms with Gasteiger partial charge in [-0.3, -0.25) is 9.59 Å². The molecule has 0 heterocycles. The molecule has 0 radical (unpaired) electrons. The number of quaternary nitrogens is 1. The van der Waals surface area contributed by atoms with Crippen molar-refractivity contribution in [2.75, 3.05) is 41.0 Å². The third kappa shape index (κ3) is 41.3. The van der Waals surface area contributed by atoms with Gasteiger partial charge in [-0.05, 0) is 89.9 Å². The molecule has 2 atom stereocenters. The number of ether oxygens (including phenoxy) is 3. The minimum atomic E-state index is -0.891. The van der Waals surface area contributed by atoms with Crippen molar-refractivity contribution in [1.29, 1.82) is 0 Å². The summed E-state index contributed by atoms with van der Waals surface area (Å²) in [6.07, 6.45) is 60.0. The summed E-state index contributed by atoms with van der Waals surface area (Å²) in [6.45, 7) is 4.50. The molecule has 0 aliphatic carbocycles. The van der Waals surface area contributed by atoms with Crippen LogP contribution in [-0.4, -0.2) is 80.6 Å². The molecule has 8 nitrogen and oxygen atoms in total. The van der Waals surface area contributed by atoms with Crippen molar-refractivity contribution in [3.8, 4) is 0 Å². The summed E-state index contributed by atoms with van der Waals surface area (Å²) in [7, 11) is 5.49. The Morgan fingerprint density at radius 1 is 0.516 bits per heavy atom. The lowest BCUT2D eigenvalue weighted by molar-refractivity contribution is -0.887. The Bertz CT molecular complexity index is 1370. The first kappa shape index (κ1) is 58.0. The summed E-state index contributed by atoms with van der Waals surface area (Å²) in [5.74, 6) is -1.57. The maximum absolute atomic E-state index is 12.7. The van der Waals surface area contributed by atoms with Crippen LogP contribution in [-0.2, 0) is 28.6 Å². The molecule has 0 aromatic heterocycles. The highest BCUT2D eigenvalue weighted by molar-refractivity contribution is 5.72. The summed E-state index contributed by atoms with van der Waals surface area (Å²) >= 11 is 0. The summed E-state index contributed by atoms with van der Waals surface area (Å²) in [6, 6.07) is -0.634. The summed E-state index contributed by atoms with van der Waals surface area (Å²) in [5, 5.41) is 9.64.